The Labute approximate surface area is 185 Å². The van der Waals surface area contributed by atoms with Crippen molar-refractivity contribution in [2.45, 2.75) is 112 Å². The minimum atomic E-state index is -0.809. The van der Waals surface area contributed by atoms with E-state index in [4.69, 9.17) is 5.11 Å². The van der Waals surface area contributed by atoms with Crippen LogP contribution in [0.5, 0.6) is 0 Å². The van der Waals surface area contributed by atoms with Crippen LogP contribution in [0.15, 0.2) is 23.3 Å². The van der Waals surface area contributed by atoms with Gasteiger partial charge in [0.1, 0.15) is 0 Å². The number of hydrogen-bond acceptors (Lipinski definition) is 1. The van der Waals surface area contributed by atoms with E-state index in [0.29, 0.717) is 16.4 Å². The highest BCUT2D eigenvalue weighted by Gasteiger charge is 2.56. The molecule has 2 heteroatoms. The lowest BCUT2D eigenvalue weighted by molar-refractivity contribution is -0.132. The van der Waals surface area contributed by atoms with Crippen molar-refractivity contribution in [2.24, 2.45) is 34.5 Å². The van der Waals surface area contributed by atoms with Crippen molar-refractivity contribution in [2.75, 3.05) is 0 Å². The Balaban J connectivity index is 0.000000220. The zero-order chi connectivity index (χ0) is 21.9. The summed E-state index contributed by atoms with van der Waals surface area (Å²) in [5, 5.41) is 8.41. The maximum atomic E-state index is 10.2. The molecule has 2 nitrogen and oxygen atoms in total. The standard InChI is InChI=1S/C20H32.C8H14O2/c1-14-6-4-13-20(3)16(14)10-11-17-18(20)9-8-15-7-5-12-19(15,17)2;1-3-4-5-6-7(2)8(9)10/h11,14-16,18H,4-10,12-13H2,1-3H3;6H,3-5H2,1-2H3,(H,9,10)/b;7-6-. The Morgan fingerprint density at radius 1 is 1.17 bits per heavy atom. The summed E-state index contributed by atoms with van der Waals surface area (Å²) in [6.07, 6.45) is 21.0. The van der Waals surface area contributed by atoms with Crippen molar-refractivity contribution in [1.29, 1.82) is 0 Å². The fraction of sp³-hybridized carbons (Fsp3) is 0.821. The monoisotopic (exact) mass is 414 g/mol. The van der Waals surface area contributed by atoms with Crippen molar-refractivity contribution in [3.63, 3.8) is 0 Å². The molecule has 170 valence electrons. The molecule has 0 bridgehead atoms. The molecule has 3 fully saturated rings. The number of unbranched alkanes of at least 4 members (excludes halogenated alkanes) is 2. The third kappa shape index (κ3) is 4.44. The van der Waals surface area contributed by atoms with E-state index in [1.54, 1.807) is 13.0 Å². The van der Waals surface area contributed by atoms with Gasteiger partial charge >= 0.3 is 5.97 Å². The van der Waals surface area contributed by atoms with Crippen LogP contribution in [0, 0.1) is 34.5 Å². The number of carbonyl (C=O) groups is 1. The van der Waals surface area contributed by atoms with Crippen LogP contribution in [-0.4, -0.2) is 11.1 Å². The van der Waals surface area contributed by atoms with Crippen LogP contribution in [0.1, 0.15) is 112 Å². The Morgan fingerprint density at radius 3 is 2.60 bits per heavy atom. The fourth-order valence-corrected chi connectivity index (χ4v) is 7.70. The van der Waals surface area contributed by atoms with Gasteiger partial charge in [-0.15, -0.1) is 0 Å². The average Bonchev–Trinajstić information content (AvgIpc) is 3.10. The van der Waals surface area contributed by atoms with Crippen molar-refractivity contribution in [1.82, 2.24) is 0 Å². The van der Waals surface area contributed by atoms with E-state index in [-0.39, 0.29) is 0 Å². The molecule has 0 aromatic rings. The van der Waals surface area contributed by atoms with Gasteiger partial charge in [-0.05, 0) is 86.4 Å². The molecule has 0 heterocycles. The molecule has 0 aromatic heterocycles. The summed E-state index contributed by atoms with van der Waals surface area (Å²) < 4.78 is 0. The molecular formula is C28H46O2. The fourth-order valence-electron chi connectivity index (χ4n) is 7.70. The van der Waals surface area contributed by atoms with Crippen molar-refractivity contribution in [3.05, 3.63) is 23.3 Å². The van der Waals surface area contributed by atoms with Gasteiger partial charge in [-0.1, -0.05) is 77.5 Å². The second kappa shape index (κ2) is 9.61. The van der Waals surface area contributed by atoms with Gasteiger partial charge in [0, 0.05) is 5.57 Å². The van der Waals surface area contributed by atoms with E-state index in [1.165, 1.54) is 57.8 Å². The molecule has 0 radical (unpaired) electrons. The van der Waals surface area contributed by atoms with E-state index in [9.17, 15) is 4.79 Å². The van der Waals surface area contributed by atoms with E-state index in [2.05, 4.69) is 33.8 Å². The number of aliphatic carboxylic acids is 1. The van der Waals surface area contributed by atoms with Crippen molar-refractivity contribution < 1.29 is 9.90 Å². The van der Waals surface area contributed by atoms with Gasteiger partial charge in [-0.25, -0.2) is 4.79 Å². The SMILES string of the molecule is CC1CCCC2(C)C3CCC4CCCC4(C)C3=CCC12.CCCC/C=C(/C)C(=O)O. The number of hydrogen-bond donors (Lipinski definition) is 1. The van der Waals surface area contributed by atoms with E-state index >= 15 is 0 Å². The van der Waals surface area contributed by atoms with E-state index in [1.807, 2.05) is 5.57 Å². The van der Waals surface area contributed by atoms with Crippen molar-refractivity contribution >= 4 is 5.97 Å². The third-order valence-corrected chi connectivity index (χ3v) is 9.63. The van der Waals surface area contributed by atoms with Crippen LogP contribution >= 0.6 is 0 Å². The summed E-state index contributed by atoms with van der Waals surface area (Å²) in [6, 6.07) is 0. The Bertz CT molecular complexity index is 674. The van der Waals surface area contributed by atoms with Gasteiger partial charge in [-0.2, -0.15) is 0 Å². The first-order valence-electron chi connectivity index (χ1n) is 12.8. The van der Waals surface area contributed by atoms with Crippen LogP contribution in [0.25, 0.3) is 0 Å². The minimum absolute atomic E-state index is 0.452. The summed E-state index contributed by atoms with van der Waals surface area (Å²) in [7, 11) is 0. The predicted octanol–water partition coefficient (Wildman–Crippen LogP) is 8.18. The molecule has 6 atom stereocenters. The van der Waals surface area contributed by atoms with E-state index < -0.39 is 5.97 Å². The number of rotatable bonds is 4. The summed E-state index contributed by atoms with van der Waals surface area (Å²) in [4.78, 5) is 10.2. The first kappa shape index (κ1) is 23.6. The lowest BCUT2D eigenvalue weighted by atomic mass is 9.46. The molecule has 0 spiro atoms. The zero-order valence-electron chi connectivity index (χ0n) is 20.3. The number of carboxylic acids is 1. The zero-order valence-corrected chi connectivity index (χ0v) is 20.3. The minimum Gasteiger partial charge on any atom is -0.478 e. The van der Waals surface area contributed by atoms with Crippen LogP contribution in [0.4, 0.5) is 0 Å². The summed E-state index contributed by atoms with van der Waals surface area (Å²) in [6.45, 7) is 11.5. The maximum absolute atomic E-state index is 10.2. The highest BCUT2D eigenvalue weighted by atomic mass is 16.4. The molecule has 0 amide bonds. The second-order valence-electron chi connectivity index (χ2n) is 11.3. The predicted molar refractivity (Wildman–Crippen MR) is 126 cm³/mol. The van der Waals surface area contributed by atoms with Crippen LogP contribution < -0.4 is 0 Å². The lowest BCUT2D eigenvalue weighted by Gasteiger charge is -2.58. The van der Waals surface area contributed by atoms with Gasteiger partial charge in [0.15, 0.2) is 0 Å². The Morgan fingerprint density at radius 2 is 1.90 bits per heavy atom. The van der Waals surface area contributed by atoms with Crippen LogP contribution in [0.2, 0.25) is 0 Å². The molecule has 0 aromatic carbocycles. The number of carboxylic acid groups (broad SMARTS) is 1. The number of fused-ring (bicyclic) bond motifs is 5. The Kier molecular flexibility index (Phi) is 7.57. The van der Waals surface area contributed by atoms with E-state index in [0.717, 1.165) is 42.9 Å². The van der Waals surface area contributed by atoms with Gasteiger partial charge < -0.3 is 5.11 Å². The van der Waals surface area contributed by atoms with Gasteiger partial charge in [0.05, 0.1) is 0 Å². The number of allylic oxidation sites excluding steroid dienone is 3. The molecule has 0 aliphatic heterocycles. The Hall–Kier alpha value is -1.05. The lowest BCUT2D eigenvalue weighted by Crippen LogP contribution is -2.49. The molecule has 4 rings (SSSR count). The molecule has 30 heavy (non-hydrogen) atoms. The highest BCUT2D eigenvalue weighted by Crippen LogP contribution is 2.65. The van der Waals surface area contributed by atoms with Gasteiger partial charge in [0.25, 0.3) is 0 Å². The van der Waals surface area contributed by atoms with Gasteiger partial charge in [0.2, 0.25) is 0 Å². The molecule has 6 unspecified atom stereocenters. The quantitative estimate of drug-likeness (QED) is 0.286. The first-order chi connectivity index (χ1) is 14.2. The largest absolute Gasteiger partial charge is 0.478 e. The van der Waals surface area contributed by atoms with Crippen LogP contribution in [-0.2, 0) is 4.79 Å². The highest BCUT2D eigenvalue weighted by molar-refractivity contribution is 5.85. The van der Waals surface area contributed by atoms with Crippen molar-refractivity contribution in [3.8, 4) is 0 Å². The molecule has 0 saturated heterocycles. The van der Waals surface area contributed by atoms with Gasteiger partial charge in [-0.3, -0.25) is 0 Å². The molecule has 4 aliphatic rings. The molecule has 3 saturated carbocycles. The molecule has 1 N–H and O–H groups in total. The average molecular weight is 415 g/mol. The third-order valence-electron chi connectivity index (χ3n) is 9.63. The molecule has 4 aliphatic carbocycles. The smallest absolute Gasteiger partial charge is 0.330 e. The first-order valence-corrected chi connectivity index (χ1v) is 12.8. The topological polar surface area (TPSA) is 37.3 Å². The summed E-state index contributed by atoms with van der Waals surface area (Å²) in [5.41, 5.74) is 3.61. The second-order valence-corrected chi connectivity index (χ2v) is 11.3. The summed E-state index contributed by atoms with van der Waals surface area (Å²) >= 11 is 0. The normalized spacial score (nSPS) is 40.3. The summed E-state index contributed by atoms with van der Waals surface area (Å²) in [5.74, 6) is 3.08. The van der Waals surface area contributed by atoms with Crippen LogP contribution in [0.3, 0.4) is 0 Å². The molecular weight excluding hydrogens is 368 g/mol. The maximum Gasteiger partial charge on any atom is 0.330 e.